The summed E-state index contributed by atoms with van der Waals surface area (Å²) in [6.45, 7) is 13.5. The van der Waals surface area contributed by atoms with Gasteiger partial charge in [-0.15, -0.1) is 0 Å². The average Bonchev–Trinajstić information content (AvgIpc) is 3.25. The molecule has 1 amide bonds. The van der Waals surface area contributed by atoms with Crippen LogP contribution < -0.4 is 5.32 Å². The first-order valence-corrected chi connectivity index (χ1v) is 15.8. The van der Waals surface area contributed by atoms with Crippen molar-refractivity contribution < 1.29 is 29.3 Å². The van der Waals surface area contributed by atoms with Gasteiger partial charge in [0.25, 0.3) is 0 Å². The minimum absolute atomic E-state index is 0.0897. The number of hydrogen-bond donors (Lipinski definition) is 3. The van der Waals surface area contributed by atoms with Gasteiger partial charge in [-0.3, -0.25) is 0 Å². The van der Waals surface area contributed by atoms with Crippen LogP contribution in [0.3, 0.4) is 0 Å². The summed E-state index contributed by atoms with van der Waals surface area (Å²) in [5, 5.41) is 25.1. The summed E-state index contributed by atoms with van der Waals surface area (Å²) in [5.41, 5.74) is 0.404. The van der Waals surface area contributed by atoms with E-state index in [1.54, 1.807) is 0 Å². The summed E-state index contributed by atoms with van der Waals surface area (Å²) in [5.74, 6) is 2.49. The second kappa shape index (κ2) is 11.9. The Labute approximate surface area is 236 Å². The van der Waals surface area contributed by atoms with E-state index >= 15 is 0 Å². The molecule has 12 atom stereocenters. The van der Waals surface area contributed by atoms with Crippen LogP contribution in [0.5, 0.6) is 0 Å². The highest BCUT2D eigenvalue weighted by molar-refractivity contribution is 5.81. The van der Waals surface area contributed by atoms with Crippen molar-refractivity contribution >= 4 is 12.1 Å². The summed E-state index contributed by atoms with van der Waals surface area (Å²) in [7, 11) is 1.32. The first kappa shape index (κ1) is 30.6. The fourth-order valence-corrected chi connectivity index (χ4v) is 10.3. The van der Waals surface area contributed by atoms with Gasteiger partial charge in [-0.05, 0) is 110 Å². The molecule has 4 rings (SSSR count). The Hall–Kier alpha value is -1.34. The molecule has 7 heteroatoms. The van der Waals surface area contributed by atoms with E-state index in [1.165, 1.54) is 26.4 Å². The van der Waals surface area contributed by atoms with Gasteiger partial charge in [0, 0.05) is 0 Å². The van der Waals surface area contributed by atoms with Crippen molar-refractivity contribution in [2.24, 2.45) is 58.2 Å². The Kier molecular flexibility index (Phi) is 9.32. The number of rotatable bonds is 8. The first-order chi connectivity index (χ1) is 18.4. The molecule has 4 fully saturated rings. The third-order valence-corrected chi connectivity index (χ3v) is 12.4. The number of fused-ring (bicyclic) bond motifs is 5. The van der Waals surface area contributed by atoms with Crippen molar-refractivity contribution in [3.63, 3.8) is 0 Å². The van der Waals surface area contributed by atoms with Crippen LogP contribution in [0.25, 0.3) is 0 Å². The Bertz CT molecular complexity index is 879. The van der Waals surface area contributed by atoms with E-state index in [0.717, 1.165) is 38.5 Å². The number of methoxy groups -OCH3 is 1. The van der Waals surface area contributed by atoms with Crippen molar-refractivity contribution in [2.75, 3.05) is 13.7 Å². The summed E-state index contributed by atoms with van der Waals surface area (Å²) in [6.07, 6.45) is 8.22. The van der Waals surface area contributed by atoms with Gasteiger partial charge in [0.1, 0.15) is 6.04 Å². The molecular weight excluding hydrogens is 494 g/mol. The molecule has 0 aromatic carbocycles. The highest BCUT2D eigenvalue weighted by Gasteiger charge is 2.64. The number of carbonyl (C=O) groups excluding carboxylic acids is 2. The lowest BCUT2D eigenvalue weighted by atomic mass is 9.41. The number of hydrogen-bond acceptors (Lipinski definition) is 6. The largest absolute Gasteiger partial charge is 0.467 e. The zero-order valence-corrected chi connectivity index (χ0v) is 25.4. The number of aliphatic hydroxyl groups is 2. The van der Waals surface area contributed by atoms with Crippen molar-refractivity contribution in [2.45, 2.75) is 118 Å². The van der Waals surface area contributed by atoms with Crippen LogP contribution >= 0.6 is 0 Å². The minimum Gasteiger partial charge on any atom is -0.467 e. The standard InChI is InChI=1S/C32H55NO6/c1-8-21-25-17-20(34)11-14-32(25,6)24-12-15-31(5)22(9-10-23(31)26(24)28(21)35)19(4)13-16-39-30(37)33-27(18(2)3)29(36)38-7/h18-28,34-35H,8-17H2,1-7H3,(H,33,37)/t19-,20-,21-,22-,23+,24+,25+,26+,27+,28-,31-,32-/m1/s1. The number of esters is 1. The van der Waals surface area contributed by atoms with Crippen LogP contribution in [0.4, 0.5) is 4.79 Å². The molecule has 0 aliphatic heterocycles. The topological polar surface area (TPSA) is 105 Å². The van der Waals surface area contributed by atoms with Crippen LogP contribution in [-0.4, -0.2) is 54.2 Å². The van der Waals surface area contributed by atoms with Crippen LogP contribution in [0, 0.1) is 58.2 Å². The molecular formula is C32H55NO6. The highest BCUT2D eigenvalue weighted by atomic mass is 16.6. The number of alkyl carbamates (subject to hydrolysis) is 1. The van der Waals surface area contributed by atoms with Gasteiger partial charge in [-0.1, -0.05) is 48.0 Å². The molecule has 0 saturated heterocycles. The van der Waals surface area contributed by atoms with Crippen molar-refractivity contribution in [3.8, 4) is 0 Å². The Morgan fingerprint density at radius 1 is 0.974 bits per heavy atom. The van der Waals surface area contributed by atoms with Gasteiger partial charge in [0.2, 0.25) is 0 Å². The monoisotopic (exact) mass is 549 g/mol. The Balaban J connectivity index is 1.40. The summed E-state index contributed by atoms with van der Waals surface area (Å²) >= 11 is 0. The highest BCUT2D eigenvalue weighted by Crippen LogP contribution is 2.69. The van der Waals surface area contributed by atoms with Gasteiger partial charge in [0.15, 0.2) is 0 Å². The normalized spacial score (nSPS) is 43.0. The molecule has 0 radical (unpaired) electrons. The molecule has 0 bridgehead atoms. The van der Waals surface area contributed by atoms with E-state index in [2.05, 4.69) is 33.0 Å². The smallest absolute Gasteiger partial charge is 0.407 e. The molecule has 4 aliphatic rings. The lowest BCUT2D eigenvalue weighted by molar-refractivity contribution is -0.203. The third-order valence-electron chi connectivity index (χ3n) is 12.4. The molecule has 0 spiro atoms. The van der Waals surface area contributed by atoms with Crippen LogP contribution in [0.15, 0.2) is 0 Å². The van der Waals surface area contributed by atoms with Crippen molar-refractivity contribution in [1.82, 2.24) is 5.32 Å². The first-order valence-electron chi connectivity index (χ1n) is 15.8. The molecule has 4 saturated carbocycles. The van der Waals surface area contributed by atoms with E-state index in [1.807, 2.05) is 13.8 Å². The van der Waals surface area contributed by atoms with Gasteiger partial charge >= 0.3 is 12.1 Å². The molecule has 0 aromatic rings. The second-order valence-corrected chi connectivity index (χ2v) is 14.4. The molecule has 0 unspecified atom stereocenters. The second-order valence-electron chi connectivity index (χ2n) is 14.4. The number of amides is 1. The third kappa shape index (κ3) is 5.48. The van der Waals surface area contributed by atoms with E-state index in [-0.39, 0.29) is 34.9 Å². The molecule has 4 aliphatic carbocycles. The van der Waals surface area contributed by atoms with Gasteiger partial charge < -0.3 is 25.0 Å². The molecule has 39 heavy (non-hydrogen) atoms. The van der Waals surface area contributed by atoms with E-state index in [9.17, 15) is 19.8 Å². The zero-order chi connectivity index (χ0) is 28.7. The number of ether oxygens (including phenoxy) is 2. The van der Waals surface area contributed by atoms with E-state index < -0.39 is 18.1 Å². The molecule has 7 nitrogen and oxygen atoms in total. The van der Waals surface area contributed by atoms with Crippen molar-refractivity contribution in [1.29, 1.82) is 0 Å². The maximum Gasteiger partial charge on any atom is 0.407 e. The van der Waals surface area contributed by atoms with Gasteiger partial charge in [-0.2, -0.15) is 0 Å². The van der Waals surface area contributed by atoms with Gasteiger partial charge in [0.05, 0.1) is 25.9 Å². The minimum atomic E-state index is -0.715. The lowest BCUT2D eigenvalue weighted by Gasteiger charge is -2.64. The predicted molar refractivity (Wildman–Crippen MR) is 151 cm³/mol. The fourth-order valence-electron chi connectivity index (χ4n) is 10.3. The maximum absolute atomic E-state index is 12.4. The summed E-state index contributed by atoms with van der Waals surface area (Å²) < 4.78 is 10.3. The lowest BCUT2D eigenvalue weighted by Crippen LogP contribution is -2.62. The number of nitrogens with one attached hydrogen (secondary N) is 1. The van der Waals surface area contributed by atoms with Crippen LogP contribution in [-0.2, 0) is 14.3 Å². The van der Waals surface area contributed by atoms with Crippen molar-refractivity contribution in [3.05, 3.63) is 0 Å². The molecule has 224 valence electrons. The van der Waals surface area contributed by atoms with Gasteiger partial charge in [-0.25, -0.2) is 9.59 Å². The van der Waals surface area contributed by atoms with Crippen LogP contribution in [0.1, 0.15) is 99.3 Å². The SMILES string of the molecule is CC[C@H]1[C@@H](O)[C@@H]2[C@H](CC[C@]3(C)[C@@H]([C@H](C)CCOC(=O)N[C@H](C(=O)OC)C(C)C)CC[C@@H]23)[C@@]2(C)CC[C@@H](O)C[C@@H]12. The maximum atomic E-state index is 12.4. The number of aliphatic hydroxyl groups excluding tert-OH is 2. The molecule has 0 aromatic heterocycles. The zero-order valence-electron chi connectivity index (χ0n) is 25.4. The number of carbonyl (C=O) groups is 2. The predicted octanol–water partition coefficient (Wildman–Crippen LogP) is 5.56. The quantitative estimate of drug-likeness (QED) is 0.342. The Morgan fingerprint density at radius 3 is 2.28 bits per heavy atom. The molecule has 3 N–H and O–H groups in total. The Morgan fingerprint density at radius 2 is 1.64 bits per heavy atom. The fraction of sp³-hybridized carbons (Fsp3) is 0.938. The summed E-state index contributed by atoms with van der Waals surface area (Å²) in [6, 6.07) is -0.715. The van der Waals surface area contributed by atoms with E-state index in [4.69, 9.17) is 9.47 Å². The van der Waals surface area contributed by atoms with Crippen LogP contribution in [0.2, 0.25) is 0 Å². The summed E-state index contributed by atoms with van der Waals surface area (Å²) in [4.78, 5) is 24.4. The average molecular weight is 550 g/mol. The van der Waals surface area contributed by atoms with E-state index in [0.29, 0.717) is 42.1 Å². The molecule has 0 heterocycles.